The van der Waals surface area contributed by atoms with Crippen molar-refractivity contribution < 1.29 is 22.7 Å². The van der Waals surface area contributed by atoms with Gasteiger partial charge in [-0.15, -0.1) is 0 Å². The molecule has 9 nitrogen and oxygen atoms in total. The third-order valence-electron chi connectivity index (χ3n) is 7.19. The topological polar surface area (TPSA) is 112 Å². The maximum atomic E-state index is 13.7. The number of amides is 1. The zero-order chi connectivity index (χ0) is 25.4. The average Bonchev–Trinajstić information content (AvgIpc) is 3.46. The van der Waals surface area contributed by atoms with Gasteiger partial charge in [0.2, 0.25) is 0 Å². The summed E-state index contributed by atoms with van der Waals surface area (Å²) >= 11 is 0. The van der Waals surface area contributed by atoms with Crippen molar-refractivity contribution in [2.24, 2.45) is 11.8 Å². The minimum Gasteiger partial charge on any atom is -0.485 e. The number of nitrogens with one attached hydrogen (secondary N) is 1. The summed E-state index contributed by atoms with van der Waals surface area (Å²) in [6.45, 7) is 0.600. The molecule has 10 heteroatoms. The van der Waals surface area contributed by atoms with Crippen molar-refractivity contribution in [3.8, 4) is 11.8 Å². The van der Waals surface area contributed by atoms with E-state index in [4.69, 9.17) is 9.47 Å². The van der Waals surface area contributed by atoms with E-state index in [1.54, 1.807) is 30.3 Å². The number of sulfonamides is 1. The molecule has 1 amide bonds. The second kappa shape index (κ2) is 9.64. The van der Waals surface area contributed by atoms with Gasteiger partial charge in [0.25, 0.3) is 10.0 Å². The number of nitrogens with zero attached hydrogens (tertiary/aromatic N) is 3. The highest BCUT2D eigenvalue weighted by molar-refractivity contribution is 7.92. The van der Waals surface area contributed by atoms with E-state index in [0.717, 1.165) is 19.3 Å². The van der Waals surface area contributed by atoms with Gasteiger partial charge in [-0.1, -0.05) is 6.07 Å². The Hall–Kier alpha value is -3.29. The number of hydrogen-bond acceptors (Lipinski definition) is 7. The first kappa shape index (κ1) is 24.4. The third kappa shape index (κ3) is 4.86. The molecule has 2 saturated carbocycles. The van der Waals surface area contributed by atoms with E-state index in [1.807, 2.05) is 25.1 Å². The van der Waals surface area contributed by atoms with Crippen molar-refractivity contribution in [2.45, 2.75) is 42.8 Å². The first-order valence-electron chi connectivity index (χ1n) is 12.2. The third-order valence-corrected chi connectivity index (χ3v) is 8.96. The second-order valence-corrected chi connectivity index (χ2v) is 12.0. The quantitative estimate of drug-likeness (QED) is 0.629. The van der Waals surface area contributed by atoms with Gasteiger partial charge >= 0.3 is 6.09 Å². The highest BCUT2D eigenvalue weighted by Gasteiger charge is 2.42. The Bertz CT molecular complexity index is 1310. The Morgan fingerprint density at radius 3 is 2.75 bits per heavy atom. The number of carbonyl (C=O) groups excluding carboxylic acids is 1. The number of anilines is 2. The monoisotopic (exact) mass is 510 g/mol. The van der Waals surface area contributed by atoms with Crippen LogP contribution in [0.2, 0.25) is 0 Å². The van der Waals surface area contributed by atoms with E-state index in [1.165, 1.54) is 22.9 Å². The van der Waals surface area contributed by atoms with Crippen LogP contribution in [0.15, 0.2) is 47.4 Å². The molecule has 4 atom stereocenters. The molecule has 0 saturated heterocycles. The largest absolute Gasteiger partial charge is 0.485 e. The summed E-state index contributed by atoms with van der Waals surface area (Å²) in [6, 6.07) is 12.9. The van der Waals surface area contributed by atoms with E-state index in [-0.39, 0.29) is 23.1 Å². The average molecular weight is 511 g/mol. The molecule has 3 aliphatic rings. The first-order valence-corrected chi connectivity index (χ1v) is 13.6. The van der Waals surface area contributed by atoms with Crippen LogP contribution < -0.4 is 14.4 Å². The SMILES string of the molecule is CN(C)CC1CN(S(=O)(=O)c2cccc(C#N)c2)c2cc(NC(=O)OC3CC4CCC3C4)ccc2O1. The summed E-state index contributed by atoms with van der Waals surface area (Å²) in [7, 11) is -0.223. The number of benzene rings is 2. The summed E-state index contributed by atoms with van der Waals surface area (Å²) in [6.07, 6.45) is 3.37. The normalized spacial score (nSPS) is 24.7. The van der Waals surface area contributed by atoms with Crippen molar-refractivity contribution in [3.05, 3.63) is 48.0 Å². The maximum Gasteiger partial charge on any atom is 0.411 e. The van der Waals surface area contributed by atoms with E-state index in [2.05, 4.69) is 5.32 Å². The molecule has 2 bridgehead atoms. The predicted octanol–water partition coefficient (Wildman–Crippen LogP) is 3.81. The highest BCUT2D eigenvalue weighted by atomic mass is 32.2. The summed E-state index contributed by atoms with van der Waals surface area (Å²) in [5.74, 6) is 1.50. The zero-order valence-corrected chi connectivity index (χ0v) is 21.2. The fraction of sp³-hybridized carbons (Fsp3) is 0.462. The summed E-state index contributed by atoms with van der Waals surface area (Å²) in [5.41, 5.74) is 1.00. The van der Waals surface area contributed by atoms with Gasteiger partial charge in [0.1, 0.15) is 18.0 Å². The Morgan fingerprint density at radius 1 is 1.22 bits per heavy atom. The molecule has 36 heavy (non-hydrogen) atoms. The van der Waals surface area contributed by atoms with Gasteiger partial charge in [0, 0.05) is 12.2 Å². The Kier molecular flexibility index (Phi) is 6.53. The van der Waals surface area contributed by atoms with Gasteiger partial charge in [-0.25, -0.2) is 13.2 Å². The number of likely N-dealkylation sites (N-methyl/N-ethyl adjacent to an activating group) is 1. The van der Waals surface area contributed by atoms with Gasteiger partial charge in [0.05, 0.1) is 28.8 Å². The fourth-order valence-electron chi connectivity index (χ4n) is 5.59. The van der Waals surface area contributed by atoms with Crippen molar-refractivity contribution in [3.63, 3.8) is 0 Å². The summed E-state index contributed by atoms with van der Waals surface area (Å²) in [4.78, 5) is 14.6. The molecule has 190 valence electrons. The molecule has 2 aromatic carbocycles. The van der Waals surface area contributed by atoms with E-state index < -0.39 is 22.2 Å². The van der Waals surface area contributed by atoms with Crippen molar-refractivity contribution in [1.29, 1.82) is 5.26 Å². The number of ether oxygens (including phenoxy) is 2. The van der Waals surface area contributed by atoms with Crippen LogP contribution in [-0.2, 0) is 14.8 Å². The molecule has 1 N–H and O–H groups in total. The Labute approximate surface area is 211 Å². The molecule has 0 aromatic heterocycles. The number of fused-ring (bicyclic) bond motifs is 3. The molecule has 0 radical (unpaired) electrons. The van der Waals surface area contributed by atoms with Crippen LogP contribution in [0.4, 0.5) is 16.2 Å². The summed E-state index contributed by atoms with van der Waals surface area (Å²) < 4.78 is 40.5. The molecule has 2 fully saturated rings. The van der Waals surface area contributed by atoms with E-state index in [0.29, 0.717) is 35.5 Å². The van der Waals surface area contributed by atoms with Crippen LogP contribution in [-0.4, -0.2) is 58.8 Å². The number of nitriles is 1. The molecule has 5 rings (SSSR count). The minimum atomic E-state index is -4.01. The number of hydrogen-bond donors (Lipinski definition) is 1. The standard InChI is InChI=1S/C26H30N4O5S/c1-29(2)15-21-16-30(36(32,33)22-5-3-4-18(11-22)14-27)23-13-20(8-9-24(23)34-21)28-26(31)35-25-12-17-6-7-19(25)10-17/h3-5,8-9,11,13,17,19,21,25H,6-7,10,12,15-16H2,1-2H3,(H,28,31). The van der Waals surface area contributed by atoms with Crippen LogP contribution in [0.1, 0.15) is 31.2 Å². The fourth-order valence-corrected chi connectivity index (χ4v) is 7.13. The second-order valence-electron chi connectivity index (χ2n) is 10.1. The first-order chi connectivity index (χ1) is 17.2. The van der Waals surface area contributed by atoms with Gasteiger partial charge in [0.15, 0.2) is 0 Å². The van der Waals surface area contributed by atoms with Crippen molar-refractivity contribution in [2.75, 3.05) is 36.8 Å². The minimum absolute atomic E-state index is 0.0204. The lowest BCUT2D eigenvalue weighted by molar-refractivity contribution is 0.0755. The van der Waals surface area contributed by atoms with Crippen LogP contribution in [0.3, 0.4) is 0 Å². The number of rotatable bonds is 6. The van der Waals surface area contributed by atoms with Gasteiger partial charge in [-0.3, -0.25) is 9.62 Å². The summed E-state index contributed by atoms with van der Waals surface area (Å²) in [5, 5.41) is 12.0. The molecule has 1 heterocycles. The molecular formula is C26H30N4O5S. The lowest BCUT2D eigenvalue weighted by atomic mass is 9.98. The number of carbonyl (C=O) groups is 1. The van der Waals surface area contributed by atoms with Crippen molar-refractivity contribution in [1.82, 2.24) is 4.90 Å². The molecule has 4 unspecified atom stereocenters. The highest BCUT2D eigenvalue weighted by Crippen LogP contribution is 2.46. The lowest BCUT2D eigenvalue weighted by Gasteiger charge is -2.36. The predicted molar refractivity (Wildman–Crippen MR) is 134 cm³/mol. The van der Waals surface area contributed by atoms with E-state index >= 15 is 0 Å². The molecule has 0 spiro atoms. The van der Waals surface area contributed by atoms with Gasteiger partial charge < -0.3 is 14.4 Å². The Morgan fingerprint density at radius 2 is 2.06 bits per heavy atom. The molecule has 2 aromatic rings. The van der Waals surface area contributed by atoms with Crippen LogP contribution in [0.5, 0.6) is 5.75 Å². The van der Waals surface area contributed by atoms with Crippen LogP contribution in [0.25, 0.3) is 0 Å². The molecule has 2 aliphatic carbocycles. The lowest BCUT2D eigenvalue weighted by Crippen LogP contribution is -2.47. The van der Waals surface area contributed by atoms with Gasteiger partial charge in [-0.05, 0) is 88.0 Å². The smallest absolute Gasteiger partial charge is 0.411 e. The van der Waals surface area contributed by atoms with Crippen molar-refractivity contribution >= 4 is 27.5 Å². The van der Waals surface area contributed by atoms with Crippen LogP contribution in [0, 0.1) is 23.2 Å². The maximum absolute atomic E-state index is 13.7. The van der Waals surface area contributed by atoms with Gasteiger partial charge in [-0.2, -0.15) is 5.26 Å². The zero-order valence-electron chi connectivity index (χ0n) is 20.4. The van der Waals surface area contributed by atoms with Crippen LogP contribution >= 0.6 is 0 Å². The molecule has 1 aliphatic heterocycles. The molecular weight excluding hydrogens is 480 g/mol. The Balaban J connectivity index is 1.42. The van der Waals surface area contributed by atoms with E-state index in [9.17, 15) is 18.5 Å².